The number of hydrogen-bond acceptors (Lipinski definition) is 3. The number of thiazole rings is 1. The second-order valence-corrected chi connectivity index (χ2v) is 5.82. The Labute approximate surface area is 120 Å². The van der Waals surface area contributed by atoms with Gasteiger partial charge in [-0.15, -0.1) is 11.3 Å². The third-order valence-corrected chi connectivity index (χ3v) is 4.10. The first-order valence-corrected chi connectivity index (χ1v) is 7.15. The molecule has 0 aliphatic carbocycles. The Kier molecular flexibility index (Phi) is 3.40. The molecule has 0 N–H and O–H groups in total. The van der Waals surface area contributed by atoms with Crippen molar-refractivity contribution in [2.45, 2.75) is 13.5 Å². The van der Waals surface area contributed by atoms with Gasteiger partial charge >= 0.3 is 0 Å². The van der Waals surface area contributed by atoms with Gasteiger partial charge in [0.25, 0.3) is 0 Å². The number of hydrogen-bond donors (Lipinski definition) is 0. The largest absolute Gasteiger partial charge is 0.485 e. The van der Waals surface area contributed by atoms with Crippen molar-refractivity contribution in [1.82, 2.24) is 4.98 Å². The van der Waals surface area contributed by atoms with Crippen LogP contribution in [0.4, 0.5) is 0 Å². The predicted octanol–water partition coefficient (Wildman–Crippen LogP) is 4.84. The number of rotatable bonds is 3. The molecule has 0 radical (unpaired) electrons. The molecule has 0 saturated heterocycles. The van der Waals surface area contributed by atoms with Gasteiger partial charge in [0.1, 0.15) is 17.4 Å². The van der Waals surface area contributed by atoms with Gasteiger partial charge in [0.15, 0.2) is 0 Å². The van der Waals surface area contributed by atoms with Gasteiger partial charge in [0.2, 0.25) is 0 Å². The molecule has 19 heavy (non-hydrogen) atoms. The zero-order valence-corrected chi connectivity index (χ0v) is 12.0. The first kappa shape index (κ1) is 12.5. The quantitative estimate of drug-likeness (QED) is 0.688. The number of halogens is 1. The molecule has 3 rings (SSSR count). The summed E-state index contributed by atoms with van der Waals surface area (Å²) in [6.07, 6.45) is 0. The van der Waals surface area contributed by atoms with Gasteiger partial charge in [0, 0.05) is 0 Å². The fraction of sp³-hybridized carbons (Fsp3) is 0.133. The molecule has 0 unspecified atom stereocenters. The van der Waals surface area contributed by atoms with E-state index >= 15 is 0 Å². The Morgan fingerprint density at radius 1 is 1.21 bits per heavy atom. The molecule has 2 aromatic carbocycles. The van der Waals surface area contributed by atoms with Gasteiger partial charge in [-0.25, -0.2) is 4.98 Å². The Bertz CT molecular complexity index is 690. The number of aromatic nitrogens is 1. The number of ether oxygens (including phenoxy) is 1. The molecule has 0 spiro atoms. The van der Waals surface area contributed by atoms with E-state index in [0.717, 1.165) is 16.1 Å². The topological polar surface area (TPSA) is 22.1 Å². The number of nitrogens with zero attached hydrogens (tertiary/aromatic N) is 1. The second-order valence-electron chi connectivity index (χ2n) is 4.30. The minimum Gasteiger partial charge on any atom is -0.485 e. The Morgan fingerprint density at radius 3 is 2.89 bits per heavy atom. The second kappa shape index (κ2) is 5.19. The number of para-hydroxylation sites is 1. The minimum absolute atomic E-state index is 0.447. The fourth-order valence-electron chi connectivity index (χ4n) is 1.84. The van der Waals surface area contributed by atoms with Crippen molar-refractivity contribution in [1.29, 1.82) is 0 Å². The maximum atomic E-state index is 6.10. The van der Waals surface area contributed by atoms with Crippen molar-refractivity contribution in [2.24, 2.45) is 0 Å². The number of aryl methyl sites for hydroxylation is 1. The molecule has 4 heteroatoms. The summed E-state index contributed by atoms with van der Waals surface area (Å²) in [7, 11) is 0. The lowest BCUT2D eigenvalue weighted by Gasteiger charge is -2.06. The summed E-state index contributed by atoms with van der Waals surface area (Å²) in [6, 6.07) is 13.8. The van der Waals surface area contributed by atoms with Crippen molar-refractivity contribution >= 4 is 33.2 Å². The molecule has 96 valence electrons. The zero-order valence-electron chi connectivity index (χ0n) is 10.4. The van der Waals surface area contributed by atoms with Crippen LogP contribution < -0.4 is 4.74 Å². The summed E-state index contributed by atoms with van der Waals surface area (Å²) in [6.45, 7) is 2.46. The van der Waals surface area contributed by atoms with Gasteiger partial charge < -0.3 is 4.74 Å². The van der Waals surface area contributed by atoms with Crippen LogP contribution >= 0.6 is 22.9 Å². The van der Waals surface area contributed by atoms with E-state index in [1.54, 1.807) is 11.3 Å². The third-order valence-electron chi connectivity index (χ3n) is 2.78. The van der Waals surface area contributed by atoms with Crippen LogP contribution in [0.3, 0.4) is 0 Å². The number of fused-ring (bicyclic) bond motifs is 1. The van der Waals surface area contributed by atoms with Gasteiger partial charge in [-0.1, -0.05) is 29.8 Å². The van der Waals surface area contributed by atoms with Gasteiger partial charge in [-0.2, -0.15) is 0 Å². The average molecular weight is 290 g/mol. The van der Waals surface area contributed by atoms with Crippen molar-refractivity contribution in [3.05, 3.63) is 58.1 Å². The van der Waals surface area contributed by atoms with Crippen LogP contribution in [0.2, 0.25) is 5.02 Å². The lowest BCUT2D eigenvalue weighted by Crippen LogP contribution is -1.95. The van der Waals surface area contributed by atoms with Crippen molar-refractivity contribution in [3.8, 4) is 5.75 Å². The first-order chi connectivity index (χ1) is 9.22. The average Bonchev–Trinajstić information content (AvgIpc) is 2.82. The van der Waals surface area contributed by atoms with Crippen LogP contribution in [-0.2, 0) is 6.61 Å². The van der Waals surface area contributed by atoms with E-state index in [-0.39, 0.29) is 0 Å². The van der Waals surface area contributed by atoms with E-state index in [0.29, 0.717) is 17.4 Å². The molecule has 2 nitrogen and oxygen atoms in total. The molecule has 0 atom stereocenters. The summed E-state index contributed by atoms with van der Waals surface area (Å²) in [5.41, 5.74) is 2.14. The van der Waals surface area contributed by atoms with Crippen molar-refractivity contribution in [3.63, 3.8) is 0 Å². The summed E-state index contributed by atoms with van der Waals surface area (Å²) >= 11 is 7.75. The lowest BCUT2D eigenvalue weighted by atomic mass is 10.2. The molecule has 0 aliphatic rings. The lowest BCUT2D eigenvalue weighted by molar-refractivity contribution is 0.306. The Hall–Kier alpha value is -1.58. The van der Waals surface area contributed by atoms with E-state index in [1.165, 1.54) is 4.70 Å². The Morgan fingerprint density at radius 2 is 2.05 bits per heavy atom. The molecule has 0 bridgehead atoms. The predicted molar refractivity (Wildman–Crippen MR) is 80.1 cm³/mol. The molecule has 0 saturated carbocycles. The van der Waals surface area contributed by atoms with Crippen LogP contribution in [0, 0.1) is 6.92 Å². The maximum absolute atomic E-state index is 6.10. The molecular weight excluding hydrogens is 278 g/mol. The van der Waals surface area contributed by atoms with Gasteiger partial charge in [-0.3, -0.25) is 0 Å². The highest BCUT2D eigenvalue weighted by atomic mass is 35.5. The van der Waals surface area contributed by atoms with Gasteiger partial charge in [0.05, 0.1) is 15.2 Å². The number of benzene rings is 2. The highest BCUT2D eigenvalue weighted by Crippen LogP contribution is 2.27. The molecule has 0 amide bonds. The summed E-state index contributed by atoms with van der Waals surface area (Å²) in [5, 5.41) is 1.59. The van der Waals surface area contributed by atoms with E-state index in [1.807, 2.05) is 43.3 Å². The van der Waals surface area contributed by atoms with Gasteiger partial charge in [-0.05, 0) is 36.8 Å². The van der Waals surface area contributed by atoms with Crippen LogP contribution in [-0.4, -0.2) is 4.98 Å². The molecule has 3 aromatic rings. The van der Waals surface area contributed by atoms with Crippen LogP contribution in [0.5, 0.6) is 5.75 Å². The molecule has 0 fully saturated rings. The van der Waals surface area contributed by atoms with Crippen LogP contribution in [0.25, 0.3) is 10.2 Å². The molecular formula is C15H12ClNOS. The first-order valence-electron chi connectivity index (χ1n) is 5.96. The van der Waals surface area contributed by atoms with E-state index < -0.39 is 0 Å². The van der Waals surface area contributed by atoms with Crippen molar-refractivity contribution < 1.29 is 4.74 Å². The van der Waals surface area contributed by atoms with E-state index in [2.05, 4.69) is 11.1 Å². The van der Waals surface area contributed by atoms with Crippen LogP contribution in [0.15, 0.2) is 42.5 Å². The fourth-order valence-corrected chi connectivity index (χ4v) is 2.90. The minimum atomic E-state index is 0.447. The summed E-state index contributed by atoms with van der Waals surface area (Å²) in [4.78, 5) is 4.53. The van der Waals surface area contributed by atoms with E-state index in [4.69, 9.17) is 16.3 Å². The maximum Gasteiger partial charge on any atom is 0.140 e. The van der Waals surface area contributed by atoms with Crippen LogP contribution in [0.1, 0.15) is 10.6 Å². The molecule has 1 heterocycles. The normalized spacial score (nSPS) is 10.8. The van der Waals surface area contributed by atoms with Crippen molar-refractivity contribution in [2.75, 3.05) is 0 Å². The highest BCUT2D eigenvalue weighted by molar-refractivity contribution is 7.18. The zero-order chi connectivity index (χ0) is 13.2. The third kappa shape index (κ3) is 2.72. The highest BCUT2D eigenvalue weighted by Gasteiger charge is 2.06. The monoisotopic (exact) mass is 289 g/mol. The SMILES string of the molecule is Cc1ccc(Cl)c(OCc2nc3ccccc3s2)c1. The smallest absolute Gasteiger partial charge is 0.140 e. The summed E-state index contributed by atoms with van der Waals surface area (Å²) in [5.74, 6) is 0.709. The van der Waals surface area contributed by atoms with E-state index in [9.17, 15) is 0 Å². The molecule has 0 aliphatic heterocycles. The molecule has 1 aromatic heterocycles. The standard InChI is InChI=1S/C15H12ClNOS/c1-10-6-7-11(16)13(8-10)18-9-15-17-12-4-2-3-5-14(12)19-15/h2-8H,9H2,1H3. The Balaban J connectivity index is 1.80. The summed E-state index contributed by atoms with van der Waals surface area (Å²) < 4.78 is 6.93.